The van der Waals surface area contributed by atoms with Crippen LogP contribution in [0.25, 0.3) is 83.4 Å². The van der Waals surface area contributed by atoms with E-state index in [-0.39, 0.29) is 11.2 Å². The number of aromatic hydroxyl groups is 1. The number of pyridine rings is 1. The van der Waals surface area contributed by atoms with Crippen LogP contribution in [-0.2, 0) is 12.5 Å². The number of phenols is 1. The van der Waals surface area contributed by atoms with Gasteiger partial charge in [0, 0.05) is 46.4 Å². The maximum absolute atomic E-state index is 10.6. The number of phenolic OH excluding ortho intramolecular Hbond substituents is 1. The first-order valence-electron chi connectivity index (χ1n) is 17.7. The van der Waals surface area contributed by atoms with Crippen LogP contribution in [0.2, 0.25) is 0 Å². The summed E-state index contributed by atoms with van der Waals surface area (Å²) in [6.07, 6.45) is 1.92. The van der Waals surface area contributed by atoms with E-state index in [4.69, 9.17) is 9.97 Å². The standard InChI is InChI=1S/C47H38N4O/c1-47(2,3)33-15-10-16-34(29-33)51-41-22-7-5-17-37(41)38-21-11-20-36(45(38)51)31-25-26-48-40(28-31)32-14-9-13-30(27-32)35-19-12-23-42-44(35)49-46(50(42)4)39-18-6-8-24-43(39)52/h5-29,52H,1-4H3. The molecule has 0 radical (unpaired) electrons. The predicted octanol–water partition coefficient (Wildman–Crippen LogP) is 11.7. The molecule has 0 aliphatic heterocycles. The lowest BCUT2D eigenvalue weighted by Gasteiger charge is -2.21. The molecule has 6 aromatic carbocycles. The minimum absolute atomic E-state index is 0.0291. The zero-order chi connectivity index (χ0) is 35.6. The lowest BCUT2D eigenvalue weighted by Crippen LogP contribution is -2.11. The van der Waals surface area contributed by atoms with Gasteiger partial charge in [-0.1, -0.05) is 112 Å². The molecule has 0 aliphatic carbocycles. The molecule has 0 amide bonds. The third-order valence-electron chi connectivity index (χ3n) is 10.3. The second-order valence-electron chi connectivity index (χ2n) is 14.6. The Labute approximate surface area is 303 Å². The van der Waals surface area contributed by atoms with E-state index >= 15 is 0 Å². The molecule has 52 heavy (non-hydrogen) atoms. The molecule has 3 heterocycles. The SMILES string of the molecule is Cn1c(-c2ccccc2O)nc2c(-c3cccc(-c4cc(-c5cccc6c7ccccc7n(-c7cccc(C(C)(C)C)c7)c56)ccn4)c3)cccc21. The van der Waals surface area contributed by atoms with Crippen molar-refractivity contribution in [1.29, 1.82) is 0 Å². The van der Waals surface area contributed by atoms with Crippen LogP contribution >= 0.6 is 0 Å². The molecule has 0 fully saturated rings. The number of hydrogen-bond donors (Lipinski definition) is 1. The summed E-state index contributed by atoms with van der Waals surface area (Å²) in [6.45, 7) is 6.80. The minimum atomic E-state index is 0.0291. The van der Waals surface area contributed by atoms with Crippen molar-refractivity contribution in [2.75, 3.05) is 0 Å². The molecular weight excluding hydrogens is 637 g/mol. The molecule has 0 saturated carbocycles. The van der Waals surface area contributed by atoms with E-state index in [9.17, 15) is 5.11 Å². The summed E-state index contributed by atoms with van der Waals surface area (Å²) < 4.78 is 4.47. The average Bonchev–Trinajstić information content (AvgIpc) is 3.69. The Morgan fingerprint density at radius 3 is 2.12 bits per heavy atom. The van der Waals surface area contributed by atoms with Crippen LogP contribution in [0.3, 0.4) is 0 Å². The van der Waals surface area contributed by atoms with Gasteiger partial charge >= 0.3 is 0 Å². The second-order valence-corrected chi connectivity index (χ2v) is 14.6. The summed E-state index contributed by atoms with van der Waals surface area (Å²) in [5.41, 5.74) is 13.7. The van der Waals surface area contributed by atoms with E-state index in [1.165, 1.54) is 27.4 Å². The van der Waals surface area contributed by atoms with Crippen LogP contribution in [-0.4, -0.2) is 24.2 Å². The van der Waals surface area contributed by atoms with Crippen LogP contribution < -0.4 is 0 Å². The molecule has 9 rings (SSSR count). The third-order valence-corrected chi connectivity index (χ3v) is 10.3. The normalized spacial score (nSPS) is 11.9. The fraction of sp³-hybridized carbons (Fsp3) is 0.106. The van der Waals surface area contributed by atoms with Crippen molar-refractivity contribution in [2.24, 2.45) is 7.05 Å². The summed E-state index contributed by atoms with van der Waals surface area (Å²) in [5, 5.41) is 13.1. The Hall–Kier alpha value is -6.46. The van der Waals surface area contributed by atoms with Crippen molar-refractivity contribution in [1.82, 2.24) is 19.1 Å². The summed E-state index contributed by atoms with van der Waals surface area (Å²) in [6, 6.07) is 50.7. The second kappa shape index (κ2) is 12.1. The van der Waals surface area contributed by atoms with E-state index in [1.54, 1.807) is 6.07 Å². The monoisotopic (exact) mass is 674 g/mol. The summed E-state index contributed by atoms with van der Waals surface area (Å²) in [5.74, 6) is 0.938. The third kappa shape index (κ3) is 5.16. The van der Waals surface area contributed by atoms with Crippen LogP contribution in [0.4, 0.5) is 0 Å². The van der Waals surface area contributed by atoms with Gasteiger partial charge in [-0.25, -0.2) is 4.98 Å². The molecule has 0 spiro atoms. The van der Waals surface area contributed by atoms with Crippen molar-refractivity contribution in [3.63, 3.8) is 0 Å². The molecule has 5 nitrogen and oxygen atoms in total. The molecule has 9 aromatic rings. The molecule has 0 unspecified atom stereocenters. The number of nitrogens with zero attached hydrogens (tertiary/aromatic N) is 4. The van der Waals surface area contributed by atoms with Gasteiger partial charge in [-0.15, -0.1) is 0 Å². The first kappa shape index (κ1) is 31.5. The fourth-order valence-electron chi connectivity index (χ4n) is 7.58. The summed E-state index contributed by atoms with van der Waals surface area (Å²) in [4.78, 5) is 9.95. The van der Waals surface area contributed by atoms with Crippen molar-refractivity contribution in [3.05, 3.63) is 157 Å². The maximum Gasteiger partial charge on any atom is 0.144 e. The van der Waals surface area contributed by atoms with Crippen molar-refractivity contribution in [2.45, 2.75) is 26.2 Å². The number of hydrogen-bond acceptors (Lipinski definition) is 3. The van der Waals surface area contributed by atoms with E-state index < -0.39 is 0 Å². The molecular formula is C47H38N4O. The number of aryl methyl sites for hydroxylation is 1. The number of para-hydroxylation sites is 4. The van der Waals surface area contributed by atoms with Crippen LogP contribution in [0.5, 0.6) is 5.75 Å². The van der Waals surface area contributed by atoms with E-state index in [1.807, 2.05) is 36.0 Å². The zero-order valence-electron chi connectivity index (χ0n) is 29.7. The largest absolute Gasteiger partial charge is 0.507 e. The van der Waals surface area contributed by atoms with Crippen LogP contribution in [0.1, 0.15) is 26.3 Å². The average molecular weight is 675 g/mol. The number of imidazole rings is 1. The van der Waals surface area contributed by atoms with E-state index in [0.29, 0.717) is 5.56 Å². The topological polar surface area (TPSA) is 55.9 Å². The Bertz CT molecular complexity index is 2810. The van der Waals surface area contributed by atoms with Crippen molar-refractivity contribution in [3.8, 4) is 56.3 Å². The molecule has 5 heteroatoms. The van der Waals surface area contributed by atoms with Gasteiger partial charge in [0.15, 0.2) is 0 Å². The first-order chi connectivity index (χ1) is 25.3. The lowest BCUT2D eigenvalue weighted by molar-refractivity contribution is 0.476. The van der Waals surface area contributed by atoms with Gasteiger partial charge in [0.2, 0.25) is 0 Å². The van der Waals surface area contributed by atoms with Gasteiger partial charge < -0.3 is 14.2 Å². The van der Waals surface area contributed by atoms with Crippen LogP contribution in [0.15, 0.2) is 152 Å². The highest BCUT2D eigenvalue weighted by molar-refractivity contribution is 6.14. The van der Waals surface area contributed by atoms with Gasteiger partial charge in [-0.2, -0.15) is 0 Å². The lowest BCUT2D eigenvalue weighted by atomic mass is 9.87. The Kier molecular flexibility index (Phi) is 7.33. The molecule has 3 aromatic heterocycles. The van der Waals surface area contributed by atoms with Gasteiger partial charge in [0.25, 0.3) is 0 Å². The Morgan fingerprint density at radius 1 is 0.577 bits per heavy atom. The van der Waals surface area contributed by atoms with Gasteiger partial charge in [0.05, 0.1) is 33.3 Å². The van der Waals surface area contributed by atoms with Gasteiger partial charge in [0.1, 0.15) is 11.6 Å². The molecule has 0 bridgehead atoms. The number of benzene rings is 6. The van der Waals surface area contributed by atoms with E-state index in [2.05, 4.69) is 147 Å². The number of fused-ring (bicyclic) bond motifs is 4. The Balaban J connectivity index is 1.18. The summed E-state index contributed by atoms with van der Waals surface area (Å²) in [7, 11) is 1.99. The predicted molar refractivity (Wildman–Crippen MR) is 215 cm³/mol. The van der Waals surface area contributed by atoms with E-state index in [0.717, 1.165) is 56.1 Å². The highest BCUT2D eigenvalue weighted by atomic mass is 16.3. The van der Waals surface area contributed by atoms with Gasteiger partial charge in [-0.05, 0) is 76.7 Å². The van der Waals surface area contributed by atoms with Gasteiger partial charge in [-0.3, -0.25) is 4.98 Å². The van der Waals surface area contributed by atoms with Crippen molar-refractivity contribution >= 4 is 32.8 Å². The maximum atomic E-state index is 10.6. The molecule has 0 aliphatic rings. The zero-order valence-corrected chi connectivity index (χ0v) is 29.7. The van der Waals surface area contributed by atoms with Crippen molar-refractivity contribution < 1.29 is 5.11 Å². The highest BCUT2D eigenvalue weighted by Crippen LogP contribution is 2.40. The highest BCUT2D eigenvalue weighted by Gasteiger charge is 2.20. The summed E-state index contributed by atoms with van der Waals surface area (Å²) >= 11 is 0. The molecule has 252 valence electrons. The minimum Gasteiger partial charge on any atom is -0.507 e. The fourth-order valence-corrected chi connectivity index (χ4v) is 7.58. The molecule has 0 atom stereocenters. The smallest absolute Gasteiger partial charge is 0.144 e. The van der Waals surface area contributed by atoms with Crippen LogP contribution in [0, 0.1) is 0 Å². The quantitative estimate of drug-likeness (QED) is 0.198. The molecule has 0 saturated heterocycles. The Morgan fingerprint density at radius 2 is 1.25 bits per heavy atom. The number of rotatable bonds is 5. The first-order valence-corrected chi connectivity index (χ1v) is 17.7. The number of aromatic nitrogens is 4. The molecule has 1 N–H and O–H groups in total.